The predicted molar refractivity (Wildman–Crippen MR) is 413 cm³/mol. The molecule has 0 bridgehead atoms. The molecular formula is C89H89N3O26. The number of hydrogen-bond donors (Lipinski definition) is 1. The van der Waals surface area contributed by atoms with Crippen molar-refractivity contribution in [3.8, 4) is 0 Å². The fourth-order valence-corrected chi connectivity index (χ4v) is 15.4. The zero-order valence-corrected chi connectivity index (χ0v) is 65.0. The summed E-state index contributed by atoms with van der Waals surface area (Å²) in [5, 5.41) is 0. The lowest BCUT2D eigenvalue weighted by atomic mass is 9.92. The molecule has 118 heavy (non-hydrogen) atoms. The van der Waals surface area contributed by atoms with Crippen LogP contribution in [0.1, 0.15) is 112 Å². The van der Waals surface area contributed by atoms with Gasteiger partial charge in [0, 0.05) is 27.9 Å². The van der Waals surface area contributed by atoms with Gasteiger partial charge in [-0.1, -0.05) is 182 Å². The lowest BCUT2D eigenvalue weighted by Gasteiger charge is -2.53. The van der Waals surface area contributed by atoms with E-state index >= 15 is 19.2 Å². The van der Waals surface area contributed by atoms with Gasteiger partial charge < -0.3 is 86.3 Å². The standard InChI is InChI=1S/C89H89N3O26/c1-51-71(115-84(100)59-36-20-10-21-37-59)78(116-85(101)60-38-22-11-23-39-60)79(102-5)89(108-51)107-50-67-73(76(105-46-57-32-16-8-17-33-57)69(87(113-67)106-47-58-34-18-9-19-35-58)91-80(96)61-40-24-25-41-62(61)81(91)97)118-88-70(92-82(98)63-42-26-27-43-64(63)83(92)99)77(111-54(4)95)74(66(114-88)49-104-45-56-30-14-7-15-31-56)117-86-68(90)75(110-53(3)94)72(109-52(2)93)65(112-86)48-103-44-55-28-12-6-13-29-55/h6-43,51,65-79,86-89H,44-50,90H2,1-5H3/t51-,65+,66+,67+,68+,69+,70+,71+,72+,73+,74+,75+,76+,77+,78+,79-,86-,87+,88-,89+/m0/s1. The SMILES string of the molecule is CO[C@@H]1[C@H](OC[C@H]2O[C@@H](OCc3ccccc3)[C@H](N3C(=O)c4ccccc4C3=O)[C@@H](OCc3ccccc3)[C@@H]2O[C@@H]2O[C@H](COCc3ccccc3)[C@@H](O[C@@H]3O[C@H](COCc4ccccc4)[C@@H](OC(C)=O)[C@H](OC(C)=O)[C@H]3N)[C@H](OC(C)=O)[C@H]2N2C(=O)c3ccccc3C2=O)O[C@@H](C)[C@@H](OC(=O)c2ccccc2)[C@H]1OC(=O)c1ccccc1. The molecule has 4 saturated heterocycles. The number of rotatable bonds is 31. The topological polar surface area (TPSA) is 343 Å². The second-order valence-corrected chi connectivity index (χ2v) is 28.9. The third kappa shape index (κ3) is 19.0. The van der Waals surface area contributed by atoms with E-state index in [9.17, 15) is 24.0 Å². The summed E-state index contributed by atoms with van der Waals surface area (Å²) in [6, 6.07) is 59.0. The van der Waals surface area contributed by atoms with Crippen LogP contribution in [0.4, 0.5) is 0 Å². The van der Waals surface area contributed by atoms with Gasteiger partial charge in [0.25, 0.3) is 23.6 Å². The molecule has 14 rings (SSSR count). The van der Waals surface area contributed by atoms with Crippen LogP contribution in [0.15, 0.2) is 231 Å². The maximum Gasteiger partial charge on any atom is 0.338 e. The van der Waals surface area contributed by atoms with Crippen LogP contribution in [0.25, 0.3) is 0 Å². The Bertz CT molecular complexity index is 4740. The van der Waals surface area contributed by atoms with Crippen LogP contribution in [-0.4, -0.2) is 213 Å². The van der Waals surface area contributed by atoms with Gasteiger partial charge in [-0.05, 0) is 77.7 Å². The highest BCUT2D eigenvalue weighted by Gasteiger charge is 2.63. The first-order chi connectivity index (χ1) is 57.3. The second-order valence-electron chi connectivity index (χ2n) is 28.9. The van der Waals surface area contributed by atoms with E-state index in [4.69, 9.17) is 86.3 Å². The quantitative estimate of drug-likeness (QED) is 0.0241. The van der Waals surface area contributed by atoms with Crippen LogP contribution in [0, 0.1) is 0 Å². The molecule has 616 valence electrons. The molecule has 4 amide bonds. The summed E-state index contributed by atoms with van der Waals surface area (Å²) in [4.78, 5) is 134. The van der Waals surface area contributed by atoms with E-state index in [1.165, 1.54) is 43.5 Å². The van der Waals surface area contributed by atoms with Gasteiger partial charge in [0.1, 0.15) is 54.8 Å². The van der Waals surface area contributed by atoms with E-state index in [1.807, 2.05) is 36.4 Å². The number of methoxy groups -OCH3 is 1. The molecule has 0 radical (unpaired) electrons. The Morgan fingerprint density at radius 3 is 1.15 bits per heavy atom. The van der Waals surface area contributed by atoms with E-state index in [-0.39, 0.29) is 66.4 Å². The number of nitrogens with two attached hydrogens (primary N) is 1. The normalized spacial score (nSPS) is 28.0. The highest BCUT2D eigenvalue weighted by atomic mass is 16.8. The van der Waals surface area contributed by atoms with Crippen molar-refractivity contribution >= 4 is 53.5 Å². The van der Waals surface area contributed by atoms with Crippen molar-refractivity contribution in [2.24, 2.45) is 5.73 Å². The molecule has 29 nitrogen and oxygen atoms in total. The van der Waals surface area contributed by atoms with Crippen molar-refractivity contribution in [3.63, 3.8) is 0 Å². The van der Waals surface area contributed by atoms with Crippen molar-refractivity contribution in [3.05, 3.63) is 286 Å². The molecule has 6 aliphatic rings. The minimum absolute atomic E-state index is 0.0205. The van der Waals surface area contributed by atoms with E-state index in [0.29, 0.717) is 16.7 Å². The van der Waals surface area contributed by atoms with Gasteiger partial charge in [0.2, 0.25) is 0 Å². The van der Waals surface area contributed by atoms with Gasteiger partial charge in [0.05, 0.1) is 91.8 Å². The Balaban J connectivity index is 0.917. The molecule has 29 heteroatoms. The third-order valence-electron chi connectivity index (χ3n) is 20.9. The fourth-order valence-electron chi connectivity index (χ4n) is 15.4. The Morgan fingerprint density at radius 2 is 0.695 bits per heavy atom. The number of esters is 5. The van der Waals surface area contributed by atoms with Crippen molar-refractivity contribution < 1.29 is 124 Å². The molecule has 8 aromatic rings. The monoisotopic (exact) mass is 1620 g/mol. The van der Waals surface area contributed by atoms with Crippen LogP contribution in [0.3, 0.4) is 0 Å². The summed E-state index contributed by atoms with van der Waals surface area (Å²) < 4.78 is 114. The van der Waals surface area contributed by atoms with E-state index in [1.54, 1.807) is 165 Å². The summed E-state index contributed by atoms with van der Waals surface area (Å²) in [5.41, 5.74) is 9.96. The summed E-state index contributed by atoms with van der Waals surface area (Å²) >= 11 is 0. The molecule has 6 heterocycles. The molecule has 2 N–H and O–H groups in total. The summed E-state index contributed by atoms with van der Waals surface area (Å²) in [5.74, 6) is -7.70. The average molecular weight is 1620 g/mol. The summed E-state index contributed by atoms with van der Waals surface area (Å²) in [7, 11) is 1.30. The highest BCUT2D eigenvalue weighted by molar-refractivity contribution is 6.22. The van der Waals surface area contributed by atoms with E-state index in [0.717, 1.165) is 36.1 Å². The van der Waals surface area contributed by atoms with Crippen molar-refractivity contribution in [2.75, 3.05) is 26.9 Å². The van der Waals surface area contributed by atoms with Gasteiger partial charge in [-0.15, -0.1) is 0 Å². The van der Waals surface area contributed by atoms with Crippen LogP contribution in [0.2, 0.25) is 0 Å². The fraction of sp³-hybridized carbons (Fsp3) is 0.360. The molecule has 0 saturated carbocycles. The maximum absolute atomic E-state index is 15.8. The lowest BCUT2D eigenvalue weighted by molar-refractivity contribution is -0.368. The minimum Gasteiger partial charge on any atom is -0.457 e. The minimum atomic E-state index is -2.11. The molecule has 0 aromatic heterocycles. The first kappa shape index (κ1) is 83.4. The summed E-state index contributed by atoms with van der Waals surface area (Å²) in [6.45, 7) is 2.80. The molecule has 6 aliphatic heterocycles. The maximum atomic E-state index is 15.8. The van der Waals surface area contributed by atoms with Gasteiger partial charge in [-0.3, -0.25) is 43.4 Å². The average Bonchev–Trinajstić information content (AvgIpc) is 1.48. The van der Waals surface area contributed by atoms with Gasteiger partial charge in [0.15, 0.2) is 55.7 Å². The zero-order chi connectivity index (χ0) is 82.5. The second kappa shape index (κ2) is 38.5. The smallest absolute Gasteiger partial charge is 0.338 e. The van der Waals surface area contributed by atoms with E-state index < -0.39 is 189 Å². The number of amides is 4. The number of carbonyl (C=O) groups excluding carboxylic acids is 9. The van der Waals surface area contributed by atoms with Crippen LogP contribution in [-0.2, 0) is 121 Å². The van der Waals surface area contributed by atoms with Gasteiger partial charge >= 0.3 is 29.8 Å². The number of ether oxygens (including phenoxy) is 17. The predicted octanol–water partition coefficient (Wildman–Crippen LogP) is 8.85. The number of carbonyl (C=O) groups is 9. The van der Waals surface area contributed by atoms with Gasteiger partial charge in [-0.25, -0.2) is 9.59 Å². The van der Waals surface area contributed by atoms with Crippen LogP contribution < -0.4 is 5.73 Å². The molecule has 0 spiro atoms. The number of fused-ring (bicyclic) bond motifs is 2. The molecule has 0 aliphatic carbocycles. The van der Waals surface area contributed by atoms with Crippen LogP contribution in [0.5, 0.6) is 0 Å². The largest absolute Gasteiger partial charge is 0.457 e. The Hall–Kier alpha value is -11.1. The van der Waals surface area contributed by atoms with Crippen molar-refractivity contribution in [2.45, 2.75) is 177 Å². The Morgan fingerprint density at radius 1 is 0.339 bits per heavy atom. The first-order valence-corrected chi connectivity index (χ1v) is 38.6. The zero-order valence-electron chi connectivity index (χ0n) is 65.0. The molecule has 4 fully saturated rings. The van der Waals surface area contributed by atoms with Gasteiger partial charge in [-0.2, -0.15) is 0 Å². The number of imide groups is 2. The number of nitrogens with zero attached hydrogens (tertiary/aromatic N) is 2. The lowest BCUT2D eigenvalue weighted by Crippen LogP contribution is -2.72. The summed E-state index contributed by atoms with van der Waals surface area (Å²) in [6.07, 6.45) is -27.5. The highest BCUT2D eigenvalue weighted by Crippen LogP contribution is 2.43. The molecule has 8 aromatic carbocycles. The number of hydrogen-bond acceptors (Lipinski definition) is 27. The first-order valence-electron chi connectivity index (χ1n) is 38.6. The number of benzene rings is 8. The molecular weight excluding hydrogens is 1530 g/mol. The third-order valence-corrected chi connectivity index (χ3v) is 20.9. The van der Waals surface area contributed by atoms with Crippen molar-refractivity contribution in [1.82, 2.24) is 9.80 Å². The Labute approximate surface area is 679 Å². The molecule has 0 unspecified atom stereocenters. The Kier molecular flexibility index (Phi) is 27.2. The van der Waals surface area contributed by atoms with Crippen molar-refractivity contribution in [1.29, 1.82) is 0 Å². The van der Waals surface area contributed by atoms with Crippen LogP contribution >= 0.6 is 0 Å². The van der Waals surface area contributed by atoms with E-state index in [2.05, 4.69) is 0 Å². The molecule has 20 atom stereocenters.